The zero-order valence-corrected chi connectivity index (χ0v) is 13.7. The Labute approximate surface area is 140 Å². The number of aromatic amines is 1. The monoisotopic (exact) mass is 328 g/mol. The van der Waals surface area contributed by atoms with Gasteiger partial charge in [-0.05, 0) is 42.7 Å². The molecule has 24 heavy (non-hydrogen) atoms. The smallest absolute Gasteiger partial charge is 0.260 e. The maximum Gasteiger partial charge on any atom is 0.260 e. The summed E-state index contributed by atoms with van der Waals surface area (Å²) in [7, 11) is 3.17. The number of hydrogen-bond acceptors (Lipinski definition) is 4. The minimum absolute atomic E-state index is 0.0723. The molecule has 1 saturated heterocycles. The lowest BCUT2D eigenvalue weighted by atomic mass is 10.0. The number of hydrogen-bond donors (Lipinski definition) is 1. The number of benzene rings is 1. The Hall–Kier alpha value is -2.76. The van der Waals surface area contributed by atoms with E-state index in [2.05, 4.69) is 4.98 Å². The summed E-state index contributed by atoms with van der Waals surface area (Å²) in [6.07, 6.45) is 3.27. The maximum atomic E-state index is 12.8. The first-order valence-electron chi connectivity index (χ1n) is 7.86. The van der Waals surface area contributed by atoms with Crippen LogP contribution in [0.4, 0.5) is 0 Å². The minimum atomic E-state index is -0.361. The zero-order chi connectivity index (χ0) is 17.1. The van der Waals surface area contributed by atoms with Crippen LogP contribution in [0.15, 0.2) is 41.3 Å². The number of pyridine rings is 1. The molecule has 1 amide bonds. The van der Waals surface area contributed by atoms with E-state index in [0.717, 1.165) is 18.4 Å². The summed E-state index contributed by atoms with van der Waals surface area (Å²) in [5, 5.41) is 0. The second-order valence-electron chi connectivity index (χ2n) is 5.68. The normalized spacial score (nSPS) is 16.9. The van der Waals surface area contributed by atoms with Gasteiger partial charge in [-0.15, -0.1) is 0 Å². The molecular formula is C18H20N2O4. The van der Waals surface area contributed by atoms with Crippen molar-refractivity contribution in [2.45, 2.75) is 18.9 Å². The van der Waals surface area contributed by atoms with Gasteiger partial charge in [0.15, 0.2) is 11.5 Å². The number of amides is 1. The van der Waals surface area contributed by atoms with Crippen molar-refractivity contribution < 1.29 is 14.3 Å². The molecule has 126 valence electrons. The Morgan fingerprint density at radius 3 is 2.71 bits per heavy atom. The molecule has 1 fully saturated rings. The molecule has 1 N–H and O–H groups in total. The molecule has 0 aliphatic carbocycles. The van der Waals surface area contributed by atoms with Crippen LogP contribution in [0.1, 0.15) is 34.8 Å². The molecule has 1 aromatic heterocycles. The van der Waals surface area contributed by atoms with Crippen molar-refractivity contribution in [3.8, 4) is 11.5 Å². The summed E-state index contributed by atoms with van der Waals surface area (Å²) >= 11 is 0. The fraction of sp³-hybridized carbons (Fsp3) is 0.333. The number of rotatable bonds is 4. The van der Waals surface area contributed by atoms with Gasteiger partial charge in [0.2, 0.25) is 0 Å². The lowest BCUT2D eigenvalue weighted by Gasteiger charge is -2.25. The van der Waals surface area contributed by atoms with E-state index in [4.69, 9.17) is 9.47 Å². The van der Waals surface area contributed by atoms with Gasteiger partial charge in [-0.2, -0.15) is 0 Å². The van der Waals surface area contributed by atoms with Crippen LogP contribution in [-0.4, -0.2) is 36.6 Å². The third kappa shape index (κ3) is 2.87. The van der Waals surface area contributed by atoms with E-state index < -0.39 is 0 Å². The van der Waals surface area contributed by atoms with Gasteiger partial charge >= 0.3 is 0 Å². The lowest BCUT2D eigenvalue weighted by Crippen LogP contribution is -2.34. The molecular weight excluding hydrogens is 308 g/mol. The molecule has 6 heteroatoms. The molecule has 1 atom stereocenters. The molecule has 1 unspecified atom stereocenters. The first-order valence-corrected chi connectivity index (χ1v) is 7.86. The van der Waals surface area contributed by atoms with Crippen LogP contribution in [-0.2, 0) is 0 Å². The molecule has 6 nitrogen and oxygen atoms in total. The van der Waals surface area contributed by atoms with Gasteiger partial charge in [0.1, 0.15) is 5.56 Å². The lowest BCUT2D eigenvalue weighted by molar-refractivity contribution is 0.0733. The van der Waals surface area contributed by atoms with Crippen LogP contribution in [0, 0.1) is 0 Å². The second-order valence-corrected chi connectivity index (χ2v) is 5.68. The highest BCUT2D eigenvalue weighted by Gasteiger charge is 2.32. The summed E-state index contributed by atoms with van der Waals surface area (Å²) in [5.74, 6) is 1.04. The fourth-order valence-corrected chi connectivity index (χ4v) is 3.16. The largest absolute Gasteiger partial charge is 0.493 e. The van der Waals surface area contributed by atoms with Gasteiger partial charge in [-0.25, -0.2) is 0 Å². The molecule has 2 heterocycles. The van der Waals surface area contributed by atoms with E-state index in [0.29, 0.717) is 18.0 Å². The van der Waals surface area contributed by atoms with E-state index in [1.807, 2.05) is 18.2 Å². The predicted molar refractivity (Wildman–Crippen MR) is 89.6 cm³/mol. The van der Waals surface area contributed by atoms with Gasteiger partial charge in [-0.3, -0.25) is 9.59 Å². The number of carbonyl (C=O) groups excluding carboxylic acids is 1. The Kier molecular flexibility index (Phi) is 4.55. The number of nitrogens with zero attached hydrogens (tertiary/aromatic N) is 1. The van der Waals surface area contributed by atoms with Crippen LogP contribution in [0.3, 0.4) is 0 Å². The number of nitrogens with one attached hydrogen (secondary N) is 1. The Morgan fingerprint density at radius 1 is 1.21 bits per heavy atom. The fourth-order valence-electron chi connectivity index (χ4n) is 3.16. The van der Waals surface area contributed by atoms with Crippen molar-refractivity contribution in [1.29, 1.82) is 0 Å². The number of methoxy groups -OCH3 is 2. The van der Waals surface area contributed by atoms with Crippen LogP contribution in [0.2, 0.25) is 0 Å². The predicted octanol–water partition coefficient (Wildman–Crippen LogP) is 2.37. The van der Waals surface area contributed by atoms with Gasteiger partial charge in [0.05, 0.1) is 20.3 Å². The van der Waals surface area contributed by atoms with Crippen molar-refractivity contribution in [1.82, 2.24) is 9.88 Å². The van der Waals surface area contributed by atoms with Crippen molar-refractivity contribution in [3.05, 3.63) is 58.0 Å². The molecule has 0 saturated carbocycles. The quantitative estimate of drug-likeness (QED) is 0.935. The molecule has 0 radical (unpaired) electrons. The molecule has 2 aromatic rings. The molecule has 0 spiro atoms. The average Bonchev–Trinajstić information content (AvgIpc) is 3.10. The van der Waals surface area contributed by atoms with Crippen LogP contribution < -0.4 is 15.0 Å². The molecule has 0 bridgehead atoms. The highest BCUT2D eigenvalue weighted by atomic mass is 16.5. The molecule has 1 aliphatic rings. The minimum Gasteiger partial charge on any atom is -0.493 e. The molecule has 3 rings (SSSR count). The van der Waals surface area contributed by atoms with E-state index in [1.165, 1.54) is 6.20 Å². The van der Waals surface area contributed by atoms with E-state index in [-0.39, 0.29) is 23.1 Å². The van der Waals surface area contributed by atoms with Gasteiger partial charge in [-0.1, -0.05) is 6.07 Å². The highest BCUT2D eigenvalue weighted by Crippen LogP contribution is 2.37. The van der Waals surface area contributed by atoms with Crippen molar-refractivity contribution >= 4 is 5.91 Å². The van der Waals surface area contributed by atoms with E-state index in [1.54, 1.807) is 31.3 Å². The van der Waals surface area contributed by atoms with Gasteiger partial charge < -0.3 is 19.4 Å². The SMILES string of the molecule is COc1ccc(C2CCCN2C(=O)c2ccc[nH]c2=O)cc1OC. The van der Waals surface area contributed by atoms with Crippen molar-refractivity contribution in [2.75, 3.05) is 20.8 Å². The average molecular weight is 328 g/mol. The molecule has 1 aromatic carbocycles. The van der Waals surface area contributed by atoms with Crippen LogP contribution >= 0.6 is 0 Å². The Morgan fingerprint density at radius 2 is 2.00 bits per heavy atom. The Bertz CT molecular complexity index is 800. The number of ether oxygens (including phenoxy) is 2. The summed E-state index contributed by atoms with van der Waals surface area (Å²) in [6.45, 7) is 0.631. The third-order valence-electron chi connectivity index (χ3n) is 4.35. The van der Waals surface area contributed by atoms with E-state index >= 15 is 0 Å². The topological polar surface area (TPSA) is 71.6 Å². The Balaban J connectivity index is 1.92. The summed E-state index contributed by atoms with van der Waals surface area (Å²) in [4.78, 5) is 29.0. The van der Waals surface area contributed by atoms with E-state index in [9.17, 15) is 9.59 Å². The van der Waals surface area contributed by atoms with Crippen molar-refractivity contribution in [2.24, 2.45) is 0 Å². The number of likely N-dealkylation sites (tertiary alicyclic amines) is 1. The third-order valence-corrected chi connectivity index (χ3v) is 4.35. The van der Waals surface area contributed by atoms with Gasteiger partial charge in [0.25, 0.3) is 11.5 Å². The zero-order valence-electron chi connectivity index (χ0n) is 13.7. The number of H-pyrrole nitrogens is 1. The van der Waals surface area contributed by atoms with Crippen LogP contribution in [0.25, 0.3) is 0 Å². The first kappa shape index (κ1) is 16.1. The summed E-state index contributed by atoms with van der Waals surface area (Å²) < 4.78 is 10.6. The first-order chi connectivity index (χ1) is 11.7. The number of carbonyl (C=O) groups is 1. The summed E-state index contributed by atoms with van der Waals surface area (Å²) in [6, 6.07) is 8.82. The van der Waals surface area contributed by atoms with Crippen LogP contribution in [0.5, 0.6) is 11.5 Å². The highest BCUT2D eigenvalue weighted by molar-refractivity contribution is 5.94. The standard InChI is InChI=1S/C18H20N2O4/c1-23-15-8-7-12(11-16(15)24-2)14-6-4-10-20(14)18(22)13-5-3-9-19-17(13)21/h3,5,7-9,11,14H,4,6,10H2,1-2H3,(H,19,21). The molecule has 1 aliphatic heterocycles. The maximum absolute atomic E-state index is 12.8. The summed E-state index contributed by atoms with van der Waals surface area (Å²) in [5.41, 5.74) is 0.788. The van der Waals surface area contributed by atoms with Gasteiger partial charge in [0, 0.05) is 12.7 Å². The second kappa shape index (κ2) is 6.78. The number of aromatic nitrogens is 1. The van der Waals surface area contributed by atoms with Crippen molar-refractivity contribution in [3.63, 3.8) is 0 Å².